The molecule has 0 aliphatic rings. The van der Waals surface area contributed by atoms with Crippen molar-refractivity contribution in [3.8, 4) is 0 Å². The van der Waals surface area contributed by atoms with E-state index in [4.69, 9.17) is 46.4 Å². The summed E-state index contributed by atoms with van der Waals surface area (Å²) in [5.74, 6) is 0. The molecule has 3 aromatic rings. The summed E-state index contributed by atoms with van der Waals surface area (Å²) in [6.07, 6.45) is 6.75. The van der Waals surface area contributed by atoms with E-state index in [2.05, 4.69) is 29.7 Å². The van der Waals surface area contributed by atoms with Crippen molar-refractivity contribution in [3.05, 3.63) is 79.8 Å². The summed E-state index contributed by atoms with van der Waals surface area (Å²) < 4.78 is 0. The summed E-state index contributed by atoms with van der Waals surface area (Å²) in [6, 6.07) is 3.38. The molecule has 0 unspecified atom stereocenters. The summed E-state index contributed by atoms with van der Waals surface area (Å²) in [5.41, 5.74) is 3.25. The first-order valence-corrected chi connectivity index (χ1v) is 10.6. The molecule has 0 aromatic carbocycles. The Hall–Kier alpha value is -1.54. The topological polar surface area (TPSA) is 58.0 Å². The summed E-state index contributed by atoms with van der Waals surface area (Å²) in [7, 11) is 3.94. The van der Waals surface area contributed by atoms with E-state index in [1.54, 1.807) is 36.9 Å². The molecule has 3 rings (SSSR count). The fourth-order valence-electron chi connectivity index (χ4n) is 2.84. The van der Waals surface area contributed by atoms with E-state index in [0.717, 1.165) is 22.8 Å². The predicted molar refractivity (Wildman–Crippen MR) is 121 cm³/mol. The molecule has 0 saturated heterocycles. The van der Waals surface area contributed by atoms with Crippen LogP contribution in [-0.4, -0.2) is 43.8 Å². The highest BCUT2D eigenvalue weighted by Gasteiger charge is 2.11. The first kappa shape index (κ1) is 23.1. The van der Waals surface area contributed by atoms with Crippen LogP contribution in [-0.2, 0) is 26.2 Å². The molecule has 30 heavy (non-hydrogen) atoms. The van der Waals surface area contributed by atoms with Crippen molar-refractivity contribution < 1.29 is 0 Å². The van der Waals surface area contributed by atoms with Crippen LogP contribution >= 0.6 is 46.4 Å². The van der Waals surface area contributed by atoms with Gasteiger partial charge in [-0.3, -0.25) is 29.7 Å². The summed E-state index contributed by atoms with van der Waals surface area (Å²) >= 11 is 24.2. The number of rotatable bonds is 8. The van der Waals surface area contributed by atoms with E-state index in [9.17, 15) is 0 Å². The fourth-order valence-corrected chi connectivity index (χ4v) is 3.72. The Balaban J connectivity index is 1.53. The monoisotopic (exact) mass is 484 g/mol. The van der Waals surface area contributed by atoms with E-state index in [0.29, 0.717) is 46.3 Å². The van der Waals surface area contributed by atoms with Crippen LogP contribution in [0, 0.1) is 0 Å². The molecule has 0 amide bonds. The standard InChI is InChI=1S/C20H20Cl4N6/c1-29(11-19-17(23)3-13(21)5-27-19)9-15-7-26-16(8-25-15)10-30(2)12-20-18(24)4-14(22)6-28-20/h3-8H,9-12H2,1-2H3. The first-order valence-electron chi connectivity index (χ1n) is 9.07. The second-order valence-electron chi connectivity index (χ2n) is 7.01. The van der Waals surface area contributed by atoms with Gasteiger partial charge in [0.25, 0.3) is 0 Å². The number of hydrogen-bond acceptors (Lipinski definition) is 6. The van der Waals surface area contributed by atoms with Crippen LogP contribution in [0.4, 0.5) is 0 Å². The van der Waals surface area contributed by atoms with Crippen molar-refractivity contribution >= 4 is 46.4 Å². The molecular formula is C20H20Cl4N6. The van der Waals surface area contributed by atoms with Gasteiger partial charge in [-0.1, -0.05) is 46.4 Å². The average molecular weight is 486 g/mol. The lowest BCUT2D eigenvalue weighted by Crippen LogP contribution is -2.21. The Labute approximate surface area is 195 Å². The Morgan fingerprint density at radius 1 is 0.600 bits per heavy atom. The second-order valence-corrected chi connectivity index (χ2v) is 8.70. The Morgan fingerprint density at radius 3 is 1.33 bits per heavy atom. The molecular weight excluding hydrogens is 466 g/mol. The van der Waals surface area contributed by atoms with Gasteiger partial charge in [0.1, 0.15) is 0 Å². The molecule has 0 aliphatic carbocycles. The van der Waals surface area contributed by atoms with E-state index in [-0.39, 0.29) is 0 Å². The lowest BCUT2D eigenvalue weighted by molar-refractivity contribution is 0.305. The SMILES string of the molecule is CN(Cc1cnc(CN(C)Cc2ncc(Cl)cc2Cl)cn1)Cc1ncc(Cl)cc1Cl. The molecule has 6 nitrogen and oxygen atoms in total. The zero-order valence-corrected chi connectivity index (χ0v) is 19.5. The third-order valence-electron chi connectivity index (χ3n) is 4.23. The molecule has 158 valence electrons. The van der Waals surface area contributed by atoms with Crippen molar-refractivity contribution in [2.45, 2.75) is 26.2 Å². The number of aromatic nitrogens is 4. The number of nitrogens with zero attached hydrogens (tertiary/aromatic N) is 6. The van der Waals surface area contributed by atoms with Gasteiger partial charge in [-0.05, 0) is 26.2 Å². The van der Waals surface area contributed by atoms with Gasteiger partial charge in [0.05, 0.1) is 55.3 Å². The van der Waals surface area contributed by atoms with E-state index in [1.165, 1.54) is 0 Å². The molecule has 3 aromatic heterocycles. The van der Waals surface area contributed by atoms with E-state index in [1.807, 2.05) is 14.1 Å². The zero-order valence-electron chi connectivity index (χ0n) is 16.5. The van der Waals surface area contributed by atoms with Crippen LogP contribution in [0.25, 0.3) is 0 Å². The van der Waals surface area contributed by atoms with Crippen LogP contribution < -0.4 is 0 Å². The van der Waals surface area contributed by atoms with Gasteiger partial charge >= 0.3 is 0 Å². The van der Waals surface area contributed by atoms with Crippen molar-refractivity contribution in [1.82, 2.24) is 29.7 Å². The van der Waals surface area contributed by atoms with Crippen molar-refractivity contribution in [1.29, 1.82) is 0 Å². The zero-order chi connectivity index (χ0) is 21.7. The highest BCUT2D eigenvalue weighted by molar-refractivity contribution is 6.35. The van der Waals surface area contributed by atoms with Gasteiger partial charge in [-0.15, -0.1) is 0 Å². The van der Waals surface area contributed by atoms with Gasteiger partial charge in [0, 0.05) is 38.6 Å². The average Bonchev–Trinajstić information content (AvgIpc) is 2.68. The summed E-state index contributed by atoms with van der Waals surface area (Å²) in [5, 5.41) is 2.14. The lowest BCUT2D eigenvalue weighted by Gasteiger charge is -2.18. The Kier molecular flexibility index (Phi) is 8.22. The van der Waals surface area contributed by atoms with Crippen LogP contribution in [0.3, 0.4) is 0 Å². The molecule has 3 heterocycles. The summed E-state index contributed by atoms with van der Waals surface area (Å²) in [6.45, 7) is 2.40. The number of pyridine rings is 2. The minimum Gasteiger partial charge on any atom is -0.295 e. The maximum atomic E-state index is 6.20. The maximum absolute atomic E-state index is 6.20. The quantitative estimate of drug-likeness (QED) is 0.440. The first-order chi connectivity index (χ1) is 14.3. The fraction of sp³-hybridized carbons (Fsp3) is 0.300. The van der Waals surface area contributed by atoms with Crippen molar-refractivity contribution in [2.24, 2.45) is 0 Å². The van der Waals surface area contributed by atoms with E-state index < -0.39 is 0 Å². The normalized spacial score (nSPS) is 11.5. The largest absolute Gasteiger partial charge is 0.295 e. The van der Waals surface area contributed by atoms with Crippen molar-refractivity contribution in [2.75, 3.05) is 14.1 Å². The van der Waals surface area contributed by atoms with Crippen LogP contribution in [0.2, 0.25) is 20.1 Å². The minimum atomic E-state index is 0.520. The smallest absolute Gasteiger partial charge is 0.0730 e. The van der Waals surface area contributed by atoms with Crippen molar-refractivity contribution in [3.63, 3.8) is 0 Å². The maximum Gasteiger partial charge on any atom is 0.0730 e. The number of hydrogen-bond donors (Lipinski definition) is 0. The Bertz CT molecular complexity index is 919. The van der Waals surface area contributed by atoms with E-state index >= 15 is 0 Å². The molecule has 10 heteroatoms. The van der Waals surface area contributed by atoms with Gasteiger partial charge in [-0.2, -0.15) is 0 Å². The predicted octanol–water partition coefficient (Wildman–Crippen LogP) is 5.14. The highest BCUT2D eigenvalue weighted by Crippen LogP contribution is 2.21. The molecule has 0 aliphatic heterocycles. The second kappa shape index (κ2) is 10.7. The van der Waals surface area contributed by atoms with Gasteiger partial charge in [0.15, 0.2) is 0 Å². The highest BCUT2D eigenvalue weighted by atomic mass is 35.5. The molecule has 0 atom stereocenters. The molecule has 0 spiro atoms. The molecule has 0 radical (unpaired) electrons. The summed E-state index contributed by atoms with van der Waals surface area (Å²) in [4.78, 5) is 21.7. The van der Waals surface area contributed by atoms with Gasteiger partial charge < -0.3 is 0 Å². The molecule has 0 fully saturated rings. The van der Waals surface area contributed by atoms with Crippen LogP contribution in [0.15, 0.2) is 36.9 Å². The van der Waals surface area contributed by atoms with Crippen LogP contribution in [0.5, 0.6) is 0 Å². The Morgan fingerprint density at radius 2 is 1.00 bits per heavy atom. The lowest BCUT2D eigenvalue weighted by atomic mass is 10.3. The third-order valence-corrected chi connectivity index (χ3v) is 5.30. The number of halogens is 4. The molecule has 0 bridgehead atoms. The molecule has 0 saturated carbocycles. The third kappa shape index (κ3) is 6.74. The molecule has 0 N–H and O–H groups in total. The van der Waals surface area contributed by atoms with Gasteiger partial charge in [0.2, 0.25) is 0 Å². The van der Waals surface area contributed by atoms with Gasteiger partial charge in [-0.25, -0.2) is 0 Å². The van der Waals surface area contributed by atoms with Crippen LogP contribution in [0.1, 0.15) is 22.8 Å². The minimum absolute atomic E-state index is 0.520.